The van der Waals surface area contributed by atoms with E-state index in [0.29, 0.717) is 24.1 Å². The van der Waals surface area contributed by atoms with Gasteiger partial charge in [-0.2, -0.15) is 0 Å². The Morgan fingerprint density at radius 2 is 2.16 bits per heavy atom. The van der Waals surface area contributed by atoms with Crippen molar-refractivity contribution >= 4 is 22.5 Å². The van der Waals surface area contributed by atoms with E-state index >= 15 is 0 Å². The summed E-state index contributed by atoms with van der Waals surface area (Å²) in [6, 6.07) is 9.62. The average molecular weight is 355 g/mol. The van der Waals surface area contributed by atoms with Crippen molar-refractivity contribution in [3.8, 4) is 11.7 Å². The van der Waals surface area contributed by atoms with Crippen molar-refractivity contribution < 1.29 is 8.83 Å². The minimum Gasteiger partial charge on any atom is -0.459 e. The number of rotatable bonds is 3. The van der Waals surface area contributed by atoms with Gasteiger partial charge in [-0.3, -0.25) is 4.90 Å². The van der Waals surface area contributed by atoms with Crippen LogP contribution in [0, 0.1) is 0 Å². The third kappa shape index (κ3) is 2.54. The first-order chi connectivity index (χ1) is 12.3. The van der Waals surface area contributed by atoms with Gasteiger partial charge in [0, 0.05) is 30.6 Å². The first-order valence-corrected chi connectivity index (χ1v) is 8.52. The molecule has 126 valence electrons. The van der Waals surface area contributed by atoms with Gasteiger partial charge in [0.15, 0.2) is 5.76 Å². The van der Waals surface area contributed by atoms with Crippen molar-refractivity contribution in [2.24, 2.45) is 0 Å². The third-order valence-electron chi connectivity index (χ3n) is 4.60. The molecule has 25 heavy (non-hydrogen) atoms. The Morgan fingerprint density at radius 3 is 3.04 bits per heavy atom. The topological polar surface area (TPSA) is 71.1 Å². The minimum atomic E-state index is 0.413. The first kappa shape index (κ1) is 14.7. The summed E-state index contributed by atoms with van der Waals surface area (Å²) in [5.41, 5.74) is 3.59. The number of nitrogens with zero attached hydrogens (tertiary/aromatic N) is 3. The maximum Gasteiger partial charge on any atom is 0.283 e. The van der Waals surface area contributed by atoms with Crippen molar-refractivity contribution in [3.05, 3.63) is 58.8 Å². The summed E-state index contributed by atoms with van der Waals surface area (Å²) in [5, 5.41) is 10.1. The molecule has 0 amide bonds. The van der Waals surface area contributed by atoms with Crippen LogP contribution in [-0.4, -0.2) is 26.6 Å². The lowest BCUT2D eigenvalue weighted by molar-refractivity contribution is 0.222. The second kappa shape index (κ2) is 5.75. The van der Waals surface area contributed by atoms with E-state index in [4.69, 9.17) is 20.4 Å². The molecule has 4 heterocycles. The molecule has 0 aliphatic carbocycles. The molecule has 7 heteroatoms. The van der Waals surface area contributed by atoms with Crippen LogP contribution in [0.2, 0.25) is 5.02 Å². The van der Waals surface area contributed by atoms with Crippen molar-refractivity contribution in [1.82, 2.24) is 20.1 Å². The number of nitrogens with one attached hydrogen (secondary N) is 1. The normalized spacial score (nSPS) is 14.9. The highest BCUT2D eigenvalue weighted by molar-refractivity contribution is 6.35. The number of aromatic amines is 1. The molecule has 1 aliphatic heterocycles. The molecule has 0 fully saturated rings. The van der Waals surface area contributed by atoms with E-state index in [1.165, 1.54) is 16.6 Å². The summed E-state index contributed by atoms with van der Waals surface area (Å²) in [5.74, 6) is 1.59. The van der Waals surface area contributed by atoms with E-state index in [2.05, 4.69) is 26.1 Å². The van der Waals surface area contributed by atoms with E-state index in [-0.39, 0.29) is 0 Å². The maximum absolute atomic E-state index is 6.31. The lowest BCUT2D eigenvalue weighted by Crippen LogP contribution is -2.29. The van der Waals surface area contributed by atoms with Gasteiger partial charge in [-0.05, 0) is 23.8 Å². The summed E-state index contributed by atoms with van der Waals surface area (Å²) in [4.78, 5) is 5.77. The summed E-state index contributed by atoms with van der Waals surface area (Å²) < 4.78 is 11.0. The van der Waals surface area contributed by atoms with Gasteiger partial charge in [-0.25, -0.2) is 0 Å². The van der Waals surface area contributed by atoms with Crippen LogP contribution in [0.3, 0.4) is 0 Å². The Kier molecular flexibility index (Phi) is 3.39. The molecule has 0 unspecified atom stereocenters. The zero-order valence-corrected chi connectivity index (χ0v) is 14.1. The number of fused-ring (bicyclic) bond motifs is 3. The van der Waals surface area contributed by atoms with Gasteiger partial charge in [0.1, 0.15) is 0 Å². The van der Waals surface area contributed by atoms with E-state index in [1.54, 1.807) is 18.4 Å². The fourth-order valence-electron chi connectivity index (χ4n) is 3.40. The van der Waals surface area contributed by atoms with E-state index in [0.717, 1.165) is 30.0 Å². The molecule has 3 aromatic heterocycles. The number of para-hydroxylation sites is 1. The Hall–Kier alpha value is -2.57. The molecule has 0 bridgehead atoms. The smallest absolute Gasteiger partial charge is 0.283 e. The minimum absolute atomic E-state index is 0.413. The van der Waals surface area contributed by atoms with Gasteiger partial charge in [0.25, 0.3) is 5.89 Å². The second-order valence-electron chi connectivity index (χ2n) is 6.18. The number of furan rings is 1. The summed E-state index contributed by atoms with van der Waals surface area (Å²) in [7, 11) is 0. The van der Waals surface area contributed by atoms with E-state index < -0.39 is 0 Å². The number of halogens is 1. The molecule has 0 saturated heterocycles. The van der Waals surface area contributed by atoms with Gasteiger partial charge in [-0.15, -0.1) is 10.2 Å². The molecule has 1 aromatic carbocycles. The van der Waals surface area contributed by atoms with Crippen LogP contribution in [0.25, 0.3) is 22.6 Å². The number of aromatic nitrogens is 3. The number of hydrogen-bond acceptors (Lipinski definition) is 5. The van der Waals surface area contributed by atoms with Crippen molar-refractivity contribution in [2.45, 2.75) is 19.5 Å². The SMILES string of the molecule is Clc1cccc2c3c([nH]c12)CCN(Cc1nnc(-c2ccco2)o1)C3. The fourth-order valence-corrected chi connectivity index (χ4v) is 3.62. The molecule has 4 aromatic rings. The first-order valence-electron chi connectivity index (χ1n) is 8.14. The zero-order chi connectivity index (χ0) is 16.8. The molecule has 6 nitrogen and oxygen atoms in total. The lowest BCUT2D eigenvalue weighted by atomic mass is 10.0. The van der Waals surface area contributed by atoms with Crippen LogP contribution in [0.5, 0.6) is 0 Å². The quantitative estimate of drug-likeness (QED) is 0.601. The Balaban J connectivity index is 1.39. The predicted molar refractivity (Wildman–Crippen MR) is 93.1 cm³/mol. The second-order valence-corrected chi connectivity index (χ2v) is 6.59. The average Bonchev–Trinajstić information content (AvgIpc) is 3.34. The Morgan fingerprint density at radius 1 is 1.20 bits per heavy atom. The van der Waals surface area contributed by atoms with Gasteiger partial charge in [-0.1, -0.05) is 23.7 Å². The van der Waals surface area contributed by atoms with Crippen molar-refractivity contribution in [2.75, 3.05) is 6.54 Å². The molecule has 1 N–H and O–H groups in total. The number of H-pyrrole nitrogens is 1. The maximum atomic E-state index is 6.31. The van der Waals surface area contributed by atoms with Crippen LogP contribution < -0.4 is 0 Å². The third-order valence-corrected chi connectivity index (χ3v) is 4.91. The molecular weight excluding hydrogens is 340 g/mol. The molecule has 0 atom stereocenters. The summed E-state index contributed by atoms with van der Waals surface area (Å²) in [6.45, 7) is 2.37. The van der Waals surface area contributed by atoms with Crippen LogP contribution in [0.4, 0.5) is 0 Å². The highest BCUT2D eigenvalue weighted by atomic mass is 35.5. The van der Waals surface area contributed by atoms with Gasteiger partial charge >= 0.3 is 0 Å². The lowest BCUT2D eigenvalue weighted by Gasteiger charge is -2.25. The fraction of sp³-hybridized carbons (Fsp3) is 0.222. The van der Waals surface area contributed by atoms with Crippen molar-refractivity contribution in [1.29, 1.82) is 0 Å². The molecule has 5 rings (SSSR count). The van der Waals surface area contributed by atoms with Gasteiger partial charge < -0.3 is 13.8 Å². The van der Waals surface area contributed by atoms with Crippen LogP contribution >= 0.6 is 11.6 Å². The van der Waals surface area contributed by atoms with Gasteiger partial charge in [0.05, 0.1) is 23.3 Å². The van der Waals surface area contributed by atoms with Crippen LogP contribution in [-0.2, 0) is 19.5 Å². The molecular formula is C18H15ClN4O2. The molecule has 0 saturated carbocycles. The summed E-state index contributed by atoms with van der Waals surface area (Å²) in [6.07, 6.45) is 2.53. The van der Waals surface area contributed by atoms with Gasteiger partial charge in [0.2, 0.25) is 5.89 Å². The highest BCUT2D eigenvalue weighted by Gasteiger charge is 2.23. The Bertz CT molecular complexity index is 1030. The zero-order valence-electron chi connectivity index (χ0n) is 13.3. The van der Waals surface area contributed by atoms with Crippen LogP contribution in [0.15, 0.2) is 45.4 Å². The van der Waals surface area contributed by atoms with E-state index in [1.807, 2.05) is 12.1 Å². The number of benzene rings is 1. The standard InChI is InChI=1S/C18H15ClN4O2/c19-13-4-1-3-11-12-9-23(7-6-14(12)20-17(11)13)10-16-21-22-18(25-16)15-5-2-8-24-15/h1-5,8,20H,6-7,9-10H2. The predicted octanol–water partition coefficient (Wildman–Crippen LogP) is 4.02. The highest BCUT2D eigenvalue weighted by Crippen LogP contribution is 2.32. The monoisotopic (exact) mass is 354 g/mol. The number of hydrogen-bond donors (Lipinski definition) is 1. The van der Waals surface area contributed by atoms with E-state index in [9.17, 15) is 0 Å². The van der Waals surface area contributed by atoms with Crippen LogP contribution in [0.1, 0.15) is 17.1 Å². The largest absolute Gasteiger partial charge is 0.459 e. The Labute approximate surface area is 148 Å². The molecule has 0 radical (unpaired) electrons. The van der Waals surface area contributed by atoms with Crippen molar-refractivity contribution in [3.63, 3.8) is 0 Å². The summed E-state index contributed by atoms with van der Waals surface area (Å²) >= 11 is 6.31. The molecule has 0 spiro atoms. The molecule has 1 aliphatic rings.